The molecule has 0 saturated carbocycles. The molecular formula is C46H51NO13. The molecule has 0 radical (unpaired) electrons. The highest BCUT2D eigenvalue weighted by Crippen LogP contribution is 2.39. The van der Waals surface area contributed by atoms with Crippen molar-refractivity contribution in [2.45, 2.75) is 102 Å². The molecule has 0 N–H and O–H groups in total. The van der Waals surface area contributed by atoms with E-state index in [2.05, 4.69) is 0 Å². The van der Waals surface area contributed by atoms with Crippen LogP contribution in [0.25, 0.3) is 0 Å². The molecule has 1 amide bonds. The number of hydrogen-bond donors (Lipinski definition) is 0. The van der Waals surface area contributed by atoms with Gasteiger partial charge in [0, 0.05) is 27.5 Å². The van der Waals surface area contributed by atoms with Gasteiger partial charge in [0.25, 0.3) is 0 Å². The zero-order valence-corrected chi connectivity index (χ0v) is 33.8. The van der Waals surface area contributed by atoms with E-state index in [1.807, 2.05) is 121 Å². The fourth-order valence-electron chi connectivity index (χ4n) is 7.68. The number of esters is 2. The van der Waals surface area contributed by atoms with Crippen molar-refractivity contribution in [3.8, 4) is 0 Å². The summed E-state index contributed by atoms with van der Waals surface area (Å²) in [4.78, 5) is 40.0. The lowest BCUT2D eigenvalue weighted by molar-refractivity contribution is -0.358. The largest absolute Gasteiger partial charge is 0.463 e. The van der Waals surface area contributed by atoms with Crippen molar-refractivity contribution in [3.63, 3.8) is 0 Å². The van der Waals surface area contributed by atoms with Gasteiger partial charge in [-0.15, -0.1) is 0 Å². The van der Waals surface area contributed by atoms with Gasteiger partial charge < -0.3 is 47.4 Å². The number of fused-ring (bicyclic) bond motifs is 1. The van der Waals surface area contributed by atoms with Crippen LogP contribution in [0.1, 0.15) is 36.1 Å². The molecule has 60 heavy (non-hydrogen) atoms. The van der Waals surface area contributed by atoms with Gasteiger partial charge in [0.05, 0.1) is 26.4 Å². The molecule has 14 heteroatoms. The van der Waals surface area contributed by atoms with Gasteiger partial charge in [0.2, 0.25) is 0 Å². The van der Waals surface area contributed by atoms with Crippen molar-refractivity contribution in [2.24, 2.45) is 0 Å². The fourth-order valence-corrected chi connectivity index (χ4v) is 7.68. The molecule has 0 aromatic heterocycles. The molecule has 4 aromatic carbocycles. The standard InChI is InChI=1S/C46H51NO13/c1-30(48)53-29-37-40(56-31(2)49)41-38(47(46(50)60-41)24-32-16-8-4-9-17-32)44(57-37)59-42-39(54-26-34-20-12-6-13-21-34)36(28-52-25-33-18-10-5-11-19-33)58-45(51-3)43(42)55-27-35-22-14-7-15-23-35/h4-23,36-45H,24-29H2,1-3H3/t36-,37-,38-,39+,40-,41-,42+,43-,44-,45-/m1/s1. The van der Waals surface area contributed by atoms with Gasteiger partial charge in [0.15, 0.2) is 24.8 Å². The van der Waals surface area contributed by atoms with E-state index in [-0.39, 0.29) is 33.0 Å². The topological polar surface area (TPSA) is 147 Å². The summed E-state index contributed by atoms with van der Waals surface area (Å²) in [6.07, 6.45) is -9.79. The third-order valence-electron chi connectivity index (χ3n) is 10.5. The SMILES string of the molecule is CO[C@@H]1O[C@H](COCc2ccccc2)[C@H](OCc2ccccc2)[C@H](O[C@H]2O[C@H](COC(C)=O)[C@@H](OC(C)=O)[C@@H]3OC(=O)N(Cc4ccccc4)[C@@H]23)[C@H]1OCc1ccccc1. The van der Waals surface area contributed by atoms with Gasteiger partial charge in [-0.05, 0) is 22.3 Å². The van der Waals surface area contributed by atoms with Gasteiger partial charge >= 0.3 is 18.0 Å². The second-order valence-corrected chi connectivity index (χ2v) is 14.8. The molecule has 10 atom stereocenters. The summed E-state index contributed by atoms with van der Waals surface area (Å²) in [5.74, 6) is -1.22. The summed E-state index contributed by atoms with van der Waals surface area (Å²) in [5.41, 5.74) is 3.58. The number of rotatable bonds is 18. The maximum Gasteiger partial charge on any atom is 0.411 e. The van der Waals surface area contributed by atoms with Crippen LogP contribution < -0.4 is 0 Å². The number of amides is 1. The lowest BCUT2D eigenvalue weighted by atomic mass is 9.94. The van der Waals surface area contributed by atoms with Crippen LogP contribution in [-0.2, 0) is 83.3 Å². The Hall–Kier alpha value is -5.19. The fraction of sp³-hybridized carbons (Fsp3) is 0.413. The highest BCUT2D eigenvalue weighted by Gasteiger charge is 2.60. The Balaban J connectivity index is 1.27. The Morgan fingerprint density at radius 2 is 1.12 bits per heavy atom. The number of methoxy groups -OCH3 is 1. The van der Waals surface area contributed by atoms with Crippen LogP contribution in [-0.4, -0.2) is 105 Å². The monoisotopic (exact) mass is 825 g/mol. The van der Waals surface area contributed by atoms with E-state index in [1.54, 1.807) is 0 Å². The first kappa shape index (κ1) is 42.9. The van der Waals surface area contributed by atoms with Crippen molar-refractivity contribution < 1.29 is 61.8 Å². The first-order valence-electron chi connectivity index (χ1n) is 20.0. The number of nitrogens with zero attached hydrogens (tertiary/aromatic N) is 1. The number of benzene rings is 4. The second-order valence-electron chi connectivity index (χ2n) is 14.8. The van der Waals surface area contributed by atoms with Crippen molar-refractivity contribution >= 4 is 18.0 Å². The van der Waals surface area contributed by atoms with Gasteiger partial charge in [-0.2, -0.15) is 0 Å². The Morgan fingerprint density at radius 1 is 0.600 bits per heavy atom. The normalized spacial score (nSPS) is 27.4. The number of carbonyl (C=O) groups is 3. The molecule has 318 valence electrons. The summed E-state index contributed by atoms with van der Waals surface area (Å²) >= 11 is 0. The average molecular weight is 826 g/mol. The molecule has 0 unspecified atom stereocenters. The minimum Gasteiger partial charge on any atom is -0.463 e. The van der Waals surface area contributed by atoms with Crippen LogP contribution in [0, 0.1) is 0 Å². The van der Waals surface area contributed by atoms with E-state index in [0.717, 1.165) is 22.3 Å². The molecule has 3 saturated heterocycles. The Labute approximate surface area is 349 Å². The Kier molecular flexibility index (Phi) is 14.9. The summed E-state index contributed by atoms with van der Waals surface area (Å²) < 4.78 is 63.3. The third-order valence-corrected chi connectivity index (χ3v) is 10.5. The second kappa shape index (κ2) is 20.9. The van der Waals surface area contributed by atoms with Gasteiger partial charge in [-0.25, -0.2) is 4.79 Å². The molecular weight excluding hydrogens is 774 g/mol. The predicted octanol–water partition coefficient (Wildman–Crippen LogP) is 5.74. The van der Waals surface area contributed by atoms with Crippen LogP contribution in [0.15, 0.2) is 121 Å². The van der Waals surface area contributed by atoms with Crippen LogP contribution >= 0.6 is 0 Å². The molecule has 0 aliphatic carbocycles. The number of carbonyl (C=O) groups excluding carboxylic acids is 3. The van der Waals surface area contributed by atoms with Crippen LogP contribution in [0.4, 0.5) is 4.79 Å². The summed E-state index contributed by atoms with van der Waals surface area (Å²) in [5, 5.41) is 0. The van der Waals surface area contributed by atoms with Crippen molar-refractivity contribution in [2.75, 3.05) is 20.3 Å². The number of ether oxygens (including phenoxy) is 10. The first-order chi connectivity index (χ1) is 29.3. The third kappa shape index (κ3) is 10.9. The average Bonchev–Trinajstić information content (AvgIpc) is 3.59. The van der Waals surface area contributed by atoms with E-state index in [9.17, 15) is 14.4 Å². The Bertz CT molecular complexity index is 1960. The van der Waals surface area contributed by atoms with Crippen LogP contribution in [0.2, 0.25) is 0 Å². The molecule has 3 heterocycles. The summed E-state index contributed by atoms with van der Waals surface area (Å²) in [6, 6.07) is 37.5. The van der Waals surface area contributed by atoms with Crippen molar-refractivity contribution in [1.82, 2.24) is 4.90 Å². The van der Waals surface area contributed by atoms with Crippen LogP contribution in [0.3, 0.4) is 0 Å². The summed E-state index contributed by atoms with van der Waals surface area (Å²) in [6.45, 7) is 3.04. The van der Waals surface area contributed by atoms with Crippen molar-refractivity contribution in [1.29, 1.82) is 0 Å². The van der Waals surface area contributed by atoms with Crippen molar-refractivity contribution in [3.05, 3.63) is 144 Å². The smallest absolute Gasteiger partial charge is 0.411 e. The van der Waals surface area contributed by atoms with E-state index in [0.29, 0.717) is 6.61 Å². The zero-order valence-electron chi connectivity index (χ0n) is 33.8. The van der Waals surface area contributed by atoms with E-state index in [4.69, 9.17) is 47.4 Å². The number of hydrogen-bond acceptors (Lipinski definition) is 13. The van der Waals surface area contributed by atoms with Gasteiger partial charge in [0.1, 0.15) is 43.2 Å². The first-order valence-corrected chi connectivity index (χ1v) is 20.0. The van der Waals surface area contributed by atoms with E-state index < -0.39 is 79.4 Å². The highest BCUT2D eigenvalue weighted by molar-refractivity contribution is 5.72. The molecule has 0 spiro atoms. The lowest BCUT2D eigenvalue weighted by Crippen LogP contribution is -2.67. The van der Waals surface area contributed by atoms with E-state index >= 15 is 0 Å². The minimum absolute atomic E-state index is 0.0857. The van der Waals surface area contributed by atoms with Gasteiger partial charge in [-0.1, -0.05) is 121 Å². The van der Waals surface area contributed by atoms with E-state index in [1.165, 1.54) is 25.9 Å². The molecule has 14 nitrogen and oxygen atoms in total. The molecule has 0 bridgehead atoms. The Morgan fingerprint density at radius 3 is 1.67 bits per heavy atom. The molecule has 3 fully saturated rings. The zero-order chi connectivity index (χ0) is 41.8. The van der Waals surface area contributed by atoms with Crippen LogP contribution in [0.5, 0.6) is 0 Å². The maximum atomic E-state index is 13.9. The maximum absolute atomic E-state index is 13.9. The summed E-state index contributed by atoms with van der Waals surface area (Å²) in [7, 11) is 1.52. The molecule has 7 rings (SSSR count). The quantitative estimate of drug-likeness (QED) is 0.0889. The molecule has 4 aromatic rings. The lowest BCUT2D eigenvalue weighted by Gasteiger charge is -2.49. The highest BCUT2D eigenvalue weighted by atomic mass is 16.8. The molecule has 3 aliphatic heterocycles. The minimum atomic E-state index is -1.27. The predicted molar refractivity (Wildman–Crippen MR) is 214 cm³/mol. The van der Waals surface area contributed by atoms with Gasteiger partial charge in [-0.3, -0.25) is 14.5 Å². The molecule has 3 aliphatic rings.